The molecule has 0 unspecified atom stereocenters. The van der Waals surface area contributed by atoms with Gasteiger partial charge in [0.25, 0.3) is 5.56 Å². The molecule has 9 heteroatoms. The third kappa shape index (κ3) is 4.06. The molecule has 4 aromatic rings. The number of hydrogen-bond donors (Lipinski definition) is 1. The van der Waals surface area contributed by atoms with Crippen LogP contribution >= 0.6 is 0 Å². The monoisotopic (exact) mass is 435 g/mol. The van der Waals surface area contributed by atoms with Gasteiger partial charge in [0.05, 0.1) is 6.54 Å². The Morgan fingerprint density at radius 2 is 1.91 bits per heavy atom. The lowest BCUT2D eigenvalue weighted by atomic mass is 10.2. The standard InChI is InChI=1S/C23H25N5O4/c1-15-6-4-7-18(12-15)32-22-25-20-19(28(22)14-17-9-8-16(2)24-13-17)21(30)27(10-5-11-29)23(31)26(20)3/h4,6-9,12-13,29H,5,10-11,14H2,1-3H3. The summed E-state index contributed by atoms with van der Waals surface area (Å²) in [4.78, 5) is 35.0. The molecule has 0 saturated heterocycles. The van der Waals surface area contributed by atoms with Gasteiger partial charge in [0.15, 0.2) is 11.2 Å². The minimum atomic E-state index is -0.486. The molecule has 0 bridgehead atoms. The number of aliphatic hydroxyl groups is 1. The smallest absolute Gasteiger partial charge is 0.332 e. The zero-order valence-corrected chi connectivity index (χ0v) is 18.3. The van der Waals surface area contributed by atoms with Gasteiger partial charge in [-0.1, -0.05) is 18.2 Å². The van der Waals surface area contributed by atoms with Crippen LogP contribution in [0.2, 0.25) is 0 Å². The molecule has 0 amide bonds. The van der Waals surface area contributed by atoms with Crippen molar-refractivity contribution in [1.82, 2.24) is 23.7 Å². The van der Waals surface area contributed by atoms with Crippen molar-refractivity contribution in [2.75, 3.05) is 6.61 Å². The van der Waals surface area contributed by atoms with Crippen molar-refractivity contribution >= 4 is 11.2 Å². The maximum Gasteiger partial charge on any atom is 0.332 e. The summed E-state index contributed by atoms with van der Waals surface area (Å²) in [5, 5.41) is 9.19. The zero-order chi connectivity index (χ0) is 22.8. The van der Waals surface area contributed by atoms with Crippen LogP contribution in [0.4, 0.5) is 0 Å². The van der Waals surface area contributed by atoms with E-state index in [0.29, 0.717) is 18.7 Å². The zero-order valence-electron chi connectivity index (χ0n) is 18.3. The Labute approximate surface area is 184 Å². The number of aromatic nitrogens is 5. The summed E-state index contributed by atoms with van der Waals surface area (Å²) in [5.41, 5.74) is 2.30. The fourth-order valence-electron chi connectivity index (χ4n) is 3.56. The molecule has 3 aromatic heterocycles. The first-order valence-corrected chi connectivity index (χ1v) is 10.4. The quantitative estimate of drug-likeness (QED) is 0.477. The first kappa shape index (κ1) is 21.5. The fourth-order valence-corrected chi connectivity index (χ4v) is 3.56. The second kappa shape index (κ2) is 8.80. The second-order valence-electron chi connectivity index (χ2n) is 7.75. The highest BCUT2D eigenvalue weighted by Crippen LogP contribution is 2.25. The summed E-state index contributed by atoms with van der Waals surface area (Å²) in [7, 11) is 1.57. The van der Waals surface area contributed by atoms with E-state index in [1.807, 2.05) is 50.2 Å². The minimum absolute atomic E-state index is 0.114. The van der Waals surface area contributed by atoms with Crippen molar-refractivity contribution in [3.63, 3.8) is 0 Å². The van der Waals surface area contributed by atoms with E-state index in [4.69, 9.17) is 4.74 Å². The number of ether oxygens (including phenoxy) is 1. The number of benzene rings is 1. The van der Waals surface area contributed by atoms with Crippen LogP contribution in [-0.2, 0) is 20.1 Å². The molecule has 3 heterocycles. The molecule has 0 spiro atoms. The molecular weight excluding hydrogens is 410 g/mol. The van der Waals surface area contributed by atoms with E-state index >= 15 is 0 Å². The predicted octanol–water partition coefficient (Wildman–Crippen LogP) is 2.13. The van der Waals surface area contributed by atoms with Gasteiger partial charge in [-0.2, -0.15) is 4.98 Å². The van der Waals surface area contributed by atoms with Crippen molar-refractivity contribution in [2.24, 2.45) is 7.05 Å². The van der Waals surface area contributed by atoms with Gasteiger partial charge in [-0.25, -0.2) is 4.79 Å². The Hall–Kier alpha value is -3.72. The fraction of sp³-hybridized carbons (Fsp3) is 0.304. The molecule has 4 rings (SSSR count). The largest absolute Gasteiger partial charge is 0.425 e. The number of imidazole rings is 1. The van der Waals surface area contributed by atoms with Gasteiger partial charge in [0.2, 0.25) is 0 Å². The lowest BCUT2D eigenvalue weighted by Gasteiger charge is -2.11. The van der Waals surface area contributed by atoms with Gasteiger partial charge < -0.3 is 9.84 Å². The number of aliphatic hydroxyl groups excluding tert-OH is 1. The van der Waals surface area contributed by atoms with E-state index < -0.39 is 11.2 Å². The van der Waals surface area contributed by atoms with Gasteiger partial charge in [0.1, 0.15) is 5.75 Å². The van der Waals surface area contributed by atoms with Crippen LogP contribution < -0.4 is 16.0 Å². The Kier molecular flexibility index (Phi) is 5.91. The van der Waals surface area contributed by atoms with Crippen LogP contribution in [0.25, 0.3) is 11.2 Å². The molecule has 1 aromatic carbocycles. The molecular formula is C23H25N5O4. The van der Waals surface area contributed by atoms with Gasteiger partial charge in [-0.15, -0.1) is 0 Å². The molecule has 32 heavy (non-hydrogen) atoms. The van der Waals surface area contributed by atoms with Crippen LogP contribution in [-0.4, -0.2) is 35.4 Å². The topological polar surface area (TPSA) is 104 Å². The molecule has 9 nitrogen and oxygen atoms in total. The summed E-state index contributed by atoms with van der Waals surface area (Å²) < 4.78 is 10.2. The highest BCUT2D eigenvalue weighted by Gasteiger charge is 2.22. The average Bonchev–Trinajstić information content (AvgIpc) is 3.12. The Balaban J connectivity index is 1.93. The number of fused-ring (bicyclic) bond motifs is 1. The molecule has 0 atom stereocenters. The maximum atomic E-state index is 13.3. The lowest BCUT2D eigenvalue weighted by Crippen LogP contribution is -2.39. The van der Waals surface area contributed by atoms with Crippen LogP contribution in [0, 0.1) is 13.8 Å². The average molecular weight is 435 g/mol. The molecule has 166 valence electrons. The summed E-state index contributed by atoms with van der Waals surface area (Å²) in [5.74, 6) is 0.578. The van der Waals surface area contributed by atoms with E-state index in [0.717, 1.165) is 21.4 Å². The molecule has 0 saturated carbocycles. The first-order chi connectivity index (χ1) is 15.4. The molecule has 0 fully saturated rings. The second-order valence-corrected chi connectivity index (χ2v) is 7.75. The predicted molar refractivity (Wildman–Crippen MR) is 120 cm³/mol. The molecule has 0 aliphatic rings. The molecule has 0 aliphatic carbocycles. The van der Waals surface area contributed by atoms with Crippen molar-refractivity contribution in [2.45, 2.75) is 33.4 Å². The van der Waals surface area contributed by atoms with Crippen molar-refractivity contribution in [1.29, 1.82) is 0 Å². The van der Waals surface area contributed by atoms with Gasteiger partial charge >= 0.3 is 11.7 Å². The Morgan fingerprint density at radius 3 is 2.59 bits per heavy atom. The van der Waals surface area contributed by atoms with Gasteiger partial charge in [-0.05, 0) is 49.6 Å². The Morgan fingerprint density at radius 1 is 1.09 bits per heavy atom. The third-order valence-corrected chi connectivity index (χ3v) is 5.25. The lowest BCUT2D eigenvalue weighted by molar-refractivity contribution is 0.277. The van der Waals surface area contributed by atoms with Gasteiger partial charge in [-0.3, -0.25) is 23.5 Å². The minimum Gasteiger partial charge on any atom is -0.425 e. The molecule has 0 radical (unpaired) electrons. The van der Waals surface area contributed by atoms with Crippen LogP contribution in [0.5, 0.6) is 11.8 Å². The Bertz CT molecular complexity index is 1380. The van der Waals surface area contributed by atoms with Crippen molar-refractivity contribution in [3.05, 3.63) is 80.3 Å². The highest BCUT2D eigenvalue weighted by molar-refractivity contribution is 5.72. The normalized spacial score (nSPS) is 11.2. The van der Waals surface area contributed by atoms with Crippen molar-refractivity contribution in [3.8, 4) is 11.8 Å². The van der Waals surface area contributed by atoms with Crippen LogP contribution in [0.1, 0.15) is 23.2 Å². The van der Waals surface area contributed by atoms with E-state index in [1.165, 1.54) is 4.57 Å². The number of aryl methyl sites for hydroxylation is 3. The van der Waals surface area contributed by atoms with E-state index in [2.05, 4.69) is 9.97 Å². The number of hydrogen-bond acceptors (Lipinski definition) is 6. The van der Waals surface area contributed by atoms with E-state index in [-0.39, 0.29) is 30.3 Å². The third-order valence-electron chi connectivity index (χ3n) is 5.25. The van der Waals surface area contributed by atoms with Crippen LogP contribution in [0.15, 0.2) is 52.2 Å². The first-order valence-electron chi connectivity index (χ1n) is 10.4. The molecule has 1 N–H and O–H groups in total. The van der Waals surface area contributed by atoms with E-state index in [9.17, 15) is 14.7 Å². The van der Waals surface area contributed by atoms with Gasteiger partial charge in [0, 0.05) is 32.1 Å². The van der Waals surface area contributed by atoms with Crippen molar-refractivity contribution < 1.29 is 9.84 Å². The highest BCUT2D eigenvalue weighted by atomic mass is 16.5. The SMILES string of the molecule is Cc1cccc(Oc2nc3c(c(=O)n(CCCO)c(=O)n3C)n2Cc2ccc(C)nc2)c1. The molecule has 0 aliphatic heterocycles. The summed E-state index contributed by atoms with van der Waals surface area (Å²) in [6.07, 6.45) is 2.03. The summed E-state index contributed by atoms with van der Waals surface area (Å²) in [6.45, 7) is 4.14. The van der Waals surface area contributed by atoms with E-state index in [1.54, 1.807) is 17.8 Å². The summed E-state index contributed by atoms with van der Waals surface area (Å²) in [6, 6.07) is 11.5. The summed E-state index contributed by atoms with van der Waals surface area (Å²) >= 11 is 0. The van der Waals surface area contributed by atoms with Crippen LogP contribution in [0.3, 0.4) is 0 Å². The number of rotatable bonds is 7. The maximum absolute atomic E-state index is 13.3. The number of pyridine rings is 1. The number of nitrogens with zero attached hydrogens (tertiary/aromatic N) is 5.